The summed E-state index contributed by atoms with van der Waals surface area (Å²) in [5.74, 6) is 0. The van der Waals surface area contributed by atoms with Crippen molar-refractivity contribution < 1.29 is 0 Å². The van der Waals surface area contributed by atoms with Crippen molar-refractivity contribution in [3.63, 3.8) is 0 Å². The second kappa shape index (κ2) is 3.51. The van der Waals surface area contributed by atoms with E-state index < -0.39 is 0 Å². The maximum atomic E-state index is 3.61. The van der Waals surface area contributed by atoms with Gasteiger partial charge in [-0.1, -0.05) is 32.9 Å². The van der Waals surface area contributed by atoms with E-state index in [2.05, 4.69) is 58.1 Å². The van der Waals surface area contributed by atoms with Crippen LogP contribution < -0.4 is 5.32 Å². The van der Waals surface area contributed by atoms with Gasteiger partial charge in [-0.25, -0.2) is 0 Å². The molecule has 1 nitrogen and oxygen atoms in total. The Labute approximate surface area is 99.3 Å². The highest BCUT2D eigenvalue weighted by Crippen LogP contribution is 2.33. The van der Waals surface area contributed by atoms with E-state index in [1.54, 1.807) is 0 Å². The maximum Gasteiger partial charge on any atom is 0.0377 e. The lowest BCUT2D eigenvalue weighted by Crippen LogP contribution is -2.35. The molecular formula is C15H23N. The molecule has 0 unspecified atom stereocenters. The number of benzene rings is 1. The standard InChI is InChI=1S/C15H23N/c1-14(2,3)12-6-7-13-11(10-12)8-9-15(4,5)16-13/h6-7,10,16H,8-9H2,1-5H3. The average Bonchev–Trinajstić information content (AvgIpc) is 2.14. The summed E-state index contributed by atoms with van der Waals surface area (Å²) in [6, 6.07) is 6.88. The molecule has 0 radical (unpaired) electrons. The van der Waals surface area contributed by atoms with Gasteiger partial charge in [-0.15, -0.1) is 0 Å². The Morgan fingerprint density at radius 3 is 2.50 bits per heavy atom. The highest BCUT2D eigenvalue weighted by Gasteiger charge is 2.25. The zero-order valence-electron chi connectivity index (χ0n) is 11.1. The molecule has 0 saturated heterocycles. The molecule has 1 heteroatoms. The van der Waals surface area contributed by atoms with Gasteiger partial charge in [0.25, 0.3) is 0 Å². The van der Waals surface area contributed by atoms with Crippen molar-refractivity contribution in [1.29, 1.82) is 0 Å². The fourth-order valence-electron chi connectivity index (χ4n) is 2.26. The molecule has 1 aromatic carbocycles. The highest BCUT2D eigenvalue weighted by molar-refractivity contribution is 5.57. The topological polar surface area (TPSA) is 12.0 Å². The molecule has 0 saturated carbocycles. The predicted molar refractivity (Wildman–Crippen MR) is 71.2 cm³/mol. The third kappa shape index (κ3) is 2.23. The molecule has 88 valence electrons. The van der Waals surface area contributed by atoms with Crippen LogP contribution in [0, 0.1) is 0 Å². The van der Waals surface area contributed by atoms with E-state index in [0.29, 0.717) is 0 Å². The number of nitrogens with one attached hydrogen (secondary N) is 1. The Balaban J connectivity index is 2.36. The zero-order valence-corrected chi connectivity index (χ0v) is 11.1. The third-order valence-corrected chi connectivity index (χ3v) is 3.46. The molecule has 2 rings (SSSR count). The monoisotopic (exact) mass is 217 g/mol. The molecule has 0 atom stereocenters. The van der Waals surface area contributed by atoms with Crippen LogP contribution in [0.15, 0.2) is 18.2 Å². The van der Waals surface area contributed by atoms with Gasteiger partial charge in [0.1, 0.15) is 0 Å². The van der Waals surface area contributed by atoms with Gasteiger partial charge in [0.15, 0.2) is 0 Å². The molecule has 0 aromatic heterocycles. The molecule has 0 aliphatic carbocycles. The Bertz CT molecular complexity index is 396. The molecule has 0 fully saturated rings. The van der Waals surface area contributed by atoms with Gasteiger partial charge in [0.2, 0.25) is 0 Å². The van der Waals surface area contributed by atoms with Crippen molar-refractivity contribution >= 4 is 5.69 Å². The zero-order chi connectivity index (χ0) is 12.0. The van der Waals surface area contributed by atoms with Gasteiger partial charge in [-0.05, 0) is 49.3 Å². The first-order valence-electron chi connectivity index (χ1n) is 6.20. The van der Waals surface area contributed by atoms with E-state index in [0.717, 1.165) is 0 Å². The highest BCUT2D eigenvalue weighted by atomic mass is 15.0. The molecule has 1 aliphatic rings. The number of hydrogen-bond donors (Lipinski definition) is 1. The van der Waals surface area contributed by atoms with Crippen molar-refractivity contribution in [2.45, 2.75) is 58.4 Å². The Kier molecular flexibility index (Phi) is 2.52. The fourth-order valence-corrected chi connectivity index (χ4v) is 2.26. The average molecular weight is 217 g/mol. The van der Waals surface area contributed by atoms with E-state index in [4.69, 9.17) is 0 Å². The van der Waals surface area contributed by atoms with Crippen LogP contribution in [-0.4, -0.2) is 5.54 Å². The second-order valence-electron chi connectivity index (χ2n) is 6.63. The van der Waals surface area contributed by atoms with Crippen molar-refractivity contribution in [3.05, 3.63) is 29.3 Å². The van der Waals surface area contributed by atoms with E-state index in [1.807, 2.05) is 0 Å². The second-order valence-corrected chi connectivity index (χ2v) is 6.63. The fraction of sp³-hybridized carbons (Fsp3) is 0.600. The summed E-state index contributed by atoms with van der Waals surface area (Å²) in [6.07, 6.45) is 2.41. The van der Waals surface area contributed by atoms with Crippen molar-refractivity contribution in [2.75, 3.05) is 5.32 Å². The molecule has 0 amide bonds. The first-order chi connectivity index (χ1) is 7.28. The smallest absolute Gasteiger partial charge is 0.0377 e. The van der Waals surface area contributed by atoms with Crippen LogP contribution in [0.4, 0.5) is 5.69 Å². The first-order valence-corrected chi connectivity index (χ1v) is 6.20. The summed E-state index contributed by atoms with van der Waals surface area (Å²) in [5, 5.41) is 3.61. The molecule has 1 heterocycles. The van der Waals surface area contributed by atoms with Crippen molar-refractivity contribution in [2.24, 2.45) is 0 Å². The van der Waals surface area contributed by atoms with Crippen molar-refractivity contribution in [1.82, 2.24) is 0 Å². The first kappa shape index (κ1) is 11.5. The van der Waals surface area contributed by atoms with Gasteiger partial charge in [-0.2, -0.15) is 0 Å². The number of aryl methyl sites for hydroxylation is 1. The number of fused-ring (bicyclic) bond motifs is 1. The Morgan fingerprint density at radius 1 is 1.19 bits per heavy atom. The predicted octanol–water partition coefficient (Wildman–Crippen LogP) is 4.12. The van der Waals surface area contributed by atoms with Crippen LogP contribution >= 0.6 is 0 Å². The largest absolute Gasteiger partial charge is 0.380 e. The minimum Gasteiger partial charge on any atom is -0.380 e. The normalized spacial score (nSPS) is 18.8. The van der Waals surface area contributed by atoms with Gasteiger partial charge in [-0.3, -0.25) is 0 Å². The minimum atomic E-state index is 0.246. The lowest BCUT2D eigenvalue weighted by atomic mass is 9.83. The quantitative estimate of drug-likeness (QED) is 0.689. The van der Waals surface area contributed by atoms with Crippen LogP contribution in [0.25, 0.3) is 0 Å². The molecular weight excluding hydrogens is 194 g/mol. The van der Waals surface area contributed by atoms with Crippen LogP contribution in [-0.2, 0) is 11.8 Å². The summed E-state index contributed by atoms with van der Waals surface area (Å²) < 4.78 is 0. The molecule has 0 spiro atoms. The van der Waals surface area contributed by atoms with Crippen LogP contribution in [0.2, 0.25) is 0 Å². The van der Waals surface area contributed by atoms with Crippen LogP contribution in [0.5, 0.6) is 0 Å². The molecule has 16 heavy (non-hydrogen) atoms. The summed E-state index contributed by atoms with van der Waals surface area (Å²) in [7, 11) is 0. The summed E-state index contributed by atoms with van der Waals surface area (Å²) in [4.78, 5) is 0. The Morgan fingerprint density at radius 2 is 1.88 bits per heavy atom. The van der Waals surface area contributed by atoms with E-state index >= 15 is 0 Å². The number of hydrogen-bond acceptors (Lipinski definition) is 1. The van der Waals surface area contributed by atoms with Crippen LogP contribution in [0.3, 0.4) is 0 Å². The van der Waals surface area contributed by atoms with E-state index in [-0.39, 0.29) is 11.0 Å². The van der Waals surface area contributed by atoms with Gasteiger partial charge in [0, 0.05) is 11.2 Å². The van der Waals surface area contributed by atoms with Crippen LogP contribution in [0.1, 0.15) is 52.2 Å². The molecule has 1 aliphatic heterocycles. The van der Waals surface area contributed by atoms with Gasteiger partial charge < -0.3 is 5.32 Å². The lowest BCUT2D eigenvalue weighted by molar-refractivity contribution is 0.501. The Hall–Kier alpha value is -0.980. The van der Waals surface area contributed by atoms with Crippen molar-refractivity contribution in [3.8, 4) is 0 Å². The minimum absolute atomic E-state index is 0.246. The maximum absolute atomic E-state index is 3.61. The third-order valence-electron chi connectivity index (χ3n) is 3.46. The lowest BCUT2D eigenvalue weighted by Gasteiger charge is -2.34. The molecule has 1 N–H and O–H groups in total. The van der Waals surface area contributed by atoms with E-state index in [1.165, 1.54) is 29.7 Å². The van der Waals surface area contributed by atoms with Gasteiger partial charge in [0.05, 0.1) is 0 Å². The van der Waals surface area contributed by atoms with Gasteiger partial charge >= 0.3 is 0 Å². The van der Waals surface area contributed by atoms with E-state index in [9.17, 15) is 0 Å². The summed E-state index contributed by atoms with van der Waals surface area (Å²) in [6.45, 7) is 11.4. The number of anilines is 1. The number of rotatable bonds is 0. The molecule has 1 aromatic rings. The summed E-state index contributed by atoms with van der Waals surface area (Å²) >= 11 is 0. The molecule has 0 bridgehead atoms. The SMILES string of the molecule is CC1(C)CCc2cc(C(C)(C)C)ccc2N1. The summed E-state index contributed by atoms with van der Waals surface area (Å²) in [5.41, 5.74) is 4.74.